The number of carbonyl (C=O) groups is 2. The smallest absolute Gasteiger partial charge is 0.417 e. The molecule has 0 unspecified atom stereocenters. The Hall–Kier alpha value is -2.93. The third kappa shape index (κ3) is 9.15. The lowest BCUT2D eigenvalue weighted by atomic mass is 10.0. The van der Waals surface area contributed by atoms with Crippen molar-refractivity contribution in [2.45, 2.75) is 32.0 Å². The fourth-order valence-corrected chi connectivity index (χ4v) is 3.87. The summed E-state index contributed by atoms with van der Waals surface area (Å²) in [5, 5.41) is 0. The van der Waals surface area contributed by atoms with E-state index in [1.165, 1.54) is 22.6 Å². The molecule has 2 aromatic carbocycles. The number of anilines is 2. The number of esters is 2. The van der Waals surface area contributed by atoms with Gasteiger partial charge in [0.05, 0.1) is 36.5 Å². The van der Waals surface area contributed by atoms with Crippen LogP contribution in [-0.2, 0) is 21.8 Å². The van der Waals surface area contributed by atoms with E-state index in [2.05, 4.69) is 20.9 Å². The van der Waals surface area contributed by atoms with E-state index < -0.39 is 43.5 Å². The van der Waals surface area contributed by atoms with Gasteiger partial charge in [-0.25, -0.2) is 9.59 Å². The summed E-state index contributed by atoms with van der Waals surface area (Å²) in [6.07, 6.45) is -9.08. The van der Waals surface area contributed by atoms with Crippen molar-refractivity contribution in [1.29, 1.82) is 0 Å². The second-order valence-corrected chi connectivity index (χ2v) is 14.3. The number of hydrogen-bond donors (Lipinski definition) is 2. The number of halogens is 7. The molecule has 0 atom stereocenters. The molecular formula is C23H23F6IN2O4Si. The van der Waals surface area contributed by atoms with Gasteiger partial charge in [-0.3, -0.25) is 0 Å². The largest absolute Gasteiger partial charge is 0.465 e. The first kappa shape index (κ1) is 32.1. The number of alkyl halides is 6. The Bertz CT molecular complexity index is 1250. The fourth-order valence-electron chi connectivity index (χ4n) is 2.59. The molecule has 6 nitrogen and oxygen atoms in total. The zero-order valence-corrected chi connectivity index (χ0v) is 23.4. The van der Waals surface area contributed by atoms with Crippen molar-refractivity contribution < 1.29 is 45.4 Å². The zero-order chi connectivity index (χ0) is 28.9. The van der Waals surface area contributed by atoms with Gasteiger partial charge in [-0.05, 0) is 46.9 Å². The van der Waals surface area contributed by atoms with Crippen molar-refractivity contribution in [3.05, 3.63) is 55.7 Å². The van der Waals surface area contributed by atoms with Crippen molar-refractivity contribution in [3.8, 4) is 11.5 Å². The van der Waals surface area contributed by atoms with Crippen molar-refractivity contribution in [3.63, 3.8) is 0 Å². The molecule has 0 saturated carbocycles. The molecule has 0 aliphatic carbocycles. The summed E-state index contributed by atoms with van der Waals surface area (Å²) >= 11 is 1.49. The number of hydrogen-bond acceptors (Lipinski definition) is 6. The summed E-state index contributed by atoms with van der Waals surface area (Å²) in [6, 6.07) is 3.55. The standard InChI is InChI=1S/C14H16F3NO2Si.C9H7F3INO2/c1-20-13(19)10-7-9(5-6-21(2,3)4)11(8-12(10)18)14(15,16)17;1-16-8(15)4-2-6(13)5(3-7(4)14)9(10,11)12/h7-8H,18H2,1-4H3;2-3H,14H2,1H3. The van der Waals surface area contributed by atoms with E-state index in [9.17, 15) is 35.9 Å². The monoisotopic (exact) mass is 660 g/mol. The number of nitrogens with two attached hydrogens (primary N) is 2. The molecule has 0 fully saturated rings. The predicted molar refractivity (Wildman–Crippen MR) is 137 cm³/mol. The molecule has 0 radical (unpaired) electrons. The highest BCUT2D eigenvalue weighted by Crippen LogP contribution is 2.36. The molecule has 0 spiro atoms. The summed E-state index contributed by atoms with van der Waals surface area (Å²) in [7, 11) is 0.399. The predicted octanol–water partition coefficient (Wildman–Crippen LogP) is 5.98. The third-order valence-electron chi connectivity index (χ3n) is 4.32. The molecule has 0 aliphatic rings. The SMILES string of the molecule is COC(=O)c1cc(C#C[Si](C)(C)C)c(C(F)(F)F)cc1N.COC(=O)c1cc(I)c(C(F)(F)F)cc1N. The molecule has 2 aromatic rings. The second kappa shape index (κ2) is 12.1. The fraction of sp³-hybridized carbons (Fsp3) is 0.304. The Morgan fingerprint density at radius 1 is 0.811 bits per heavy atom. The normalized spacial score (nSPS) is 11.5. The molecule has 0 aromatic heterocycles. The lowest BCUT2D eigenvalue weighted by Crippen LogP contribution is -2.17. The molecule has 4 N–H and O–H groups in total. The first-order valence-corrected chi connectivity index (χ1v) is 14.7. The Labute approximate surface area is 223 Å². The highest BCUT2D eigenvalue weighted by molar-refractivity contribution is 14.1. The summed E-state index contributed by atoms with van der Waals surface area (Å²) in [5.41, 5.74) is 10.9. The Morgan fingerprint density at radius 2 is 1.22 bits per heavy atom. The molecule has 202 valence electrons. The highest BCUT2D eigenvalue weighted by atomic mass is 127. The first-order valence-electron chi connectivity index (χ1n) is 10.1. The number of methoxy groups -OCH3 is 2. The summed E-state index contributed by atoms with van der Waals surface area (Å²) in [4.78, 5) is 22.7. The van der Waals surface area contributed by atoms with Crippen LogP contribution in [0.3, 0.4) is 0 Å². The number of ether oxygens (including phenoxy) is 2. The van der Waals surface area contributed by atoms with E-state index in [-0.39, 0.29) is 31.6 Å². The lowest BCUT2D eigenvalue weighted by Gasteiger charge is -2.13. The van der Waals surface area contributed by atoms with E-state index in [4.69, 9.17) is 11.5 Å². The number of nitrogen functional groups attached to an aromatic ring is 2. The first-order chi connectivity index (χ1) is 16.7. The van der Waals surface area contributed by atoms with Crippen LogP contribution in [0.1, 0.15) is 37.4 Å². The maximum absolute atomic E-state index is 13.0. The van der Waals surface area contributed by atoms with E-state index >= 15 is 0 Å². The van der Waals surface area contributed by atoms with E-state index in [1.807, 2.05) is 19.6 Å². The lowest BCUT2D eigenvalue weighted by molar-refractivity contribution is -0.138. The maximum Gasteiger partial charge on any atom is 0.417 e. The minimum Gasteiger partial charge on any atom is -0.465 e. The van der Waals surface area contributed by atoms with Crippen molar-refractivity contribution in [2.75, 3.05) is 25.7 Å². The van der Waals surface area contributed by atoms with Gasteiger partial charge in [-0.1, -0.05) is 25.6 Å². The van der Waals surface area contributed by atoms with Crippen LogP contribution in [-0.4, -0.2) is 34.2 Å². The van der Waals surface area contributed by atoms with Gasteiger partial charge in [0.25, 0.3) is 0 Å². The third-order valence-corrected chi connectivity index (χ3v) is 6.09. The highest BCUT2D eigenvalue weighted by Gasteiger charge is 2.35. The van der Waals surface area contributed by atoms with Crippen LogP contribution in [0.5, 0.6) is 0 Å². The molecule has 0 aliphatic heterocycles. The van der Waals surface area contributed by atoms with Gasteiger partial charge in [0.1, 0.15) is 8.07 Å². The van der Waals surface area contributed by atoms with Crippen LogP contribution in [0, 0.1) is 15.0 Å². The van der Waals surface area contributed by atoms with Gasteiger partial charge in [0.2, 0.25) is 0 Å². The van der Waals surface area contributed by atoms with Gasteiger partial charge >= 0.3 is 24.3 Å². The molecule has 2 rings (SSSR count). The van der Waals surface area contributed by atoms with Gasteiger partial charge in [-0.15, -0.1) is 5.54 Å². The summed E-state index contributed by atoms with van der Waals surface area (Å²) in [6.45, 7) is 5.73. The Balaban J connectivity index is 0.000000384. The topological polar surface area (TPSA) is 105 Å². The van der Waals surface area contributed by atoms with Crippen molar-refractivity contribution >= 4 is 54.0 Å². The number of benzene rings is 2. The van der Waals surface area contributed by atoms with Crippen LogP contribution < -0.4 is 11.5 Å². The van der Waals surface area contributed by atoms with Gasteiger partial charge in [0.15, 0.2) is 0 Å². The van der Waals surface area contributed by atoms with Gasteiger partial charge < -0.3 is 20.9 Å². The average molecular weight is 660 g/mol. The molecule has 0 heterocycles. The van der Waals surface area contributed by atoms with Crippen LogP contribution in [0.25, 0.3) is 0 Å². The van der Waals surface area contributed by atoms with Crippen molar-refractivity contribution in [2.24, 2.45) is 0 Å². The van der Waals surface area contributed by atoms with Gasteiger partial charge in [-0.2, -0.15) is 26.3 Å². The quantitative estimate of drug-likeness (QED) is 0.103. The van der Waals surface area contributed by atoms with Crippen LogP contribution in [0.2, 0.25) is 19.6 Å². The van der Waals surface area contributed by atoms with Crippen LogP contribution >= 0.6 is 22.6 Å². The number of carbonyl (C=O) groups excluding carboxylic acids is 2. The summed E-state index contributed by atoms with van der Waals surface area (Å²) < 4.78 is 85.3. The van der Waals surface area contributed by atoms with Gasteiger partial charge in [0, 0.05) is 20.5 Å². The maximum atomic E-state index is 13.0. The molecule has 0 saturated heterocycles. The second-order valence-electron chi connectivity index (χ2n) is 8.38. The minimum absolute atomic E-state index is 0.0695. The van der Waals surface area contributed by atoms with E-state index in [1.54, 1.807) is 0 Å². The molecule has 14 heteroatoms. The Kier molecular flexibility index (Phi) is 10.5. The van der Waals surface area contributed by atoms with Crippen LogP contribution in [0.15, 0.2) is 24.3 Å². The molecule has 37 heavy (non-hydrogen) atoms. The van der Waals surface area contributed by atoms with E-state index in [0.29, 0.717) is 0 Å². The summed E-state index contributed by atoms with van der Waals surface area (Å²) in [5.74, 6) is 0.980. The molecule has 0 bridgehead atoms. The Morgan fingerprint density at radius 3 is 1.59 bits per heavy atom. The molecule has 0 amide bonds. The minimum atomic E-state index is -4.59. The number of rotatable bonds is 2. The van der Waals surface area contributed by atoms with Crippen LogP contribution in [0.4, 0.5) is 37.7 Å². The van der Waals surface area contributed by atoms with Crippen molar-refractivity contribution in [1.82, 2.24) is 0 Å². The van der Waals surface area contributed by atoms with E-state index in [0.717, 1.165) is 38.5 Å². The molecular weight excluding hydrogens is 637 g/mol. The zero-order valence-electron chi connectivity index (χ0n) is 20.2. The average Bonchev–Trinajstić information content (AvgIpc) is 2.76.